The predicted molar refractivity (Wildman–Crippen MR) is 54.5 cm³/mol. The number of aryl methyl sites for hydroxylation is 1. The second kappa shape index (κ2) is 4.48. The third-order valence-corrected chi connectivity index (χ3v) is 2.22. The standard InChI is InChI=1S/C10H17N3O/c1-6(2)10(14)9(11)8-4-7(3)12-5-13-8/h4-6,9-10,14H,11H2,1-3H3. The molecular formula is C10H17N3O. The Balaban J connectivity index is 2.83. The molecule has 0 aliphatic heterocycles. The highest BCUT2D eigenvalue weighted by Gasteiger charge is 2.21. The molecule has 1 rings (SSSR count). The van der Waals surface area contributed by atoms with E-state index < -0.39 is 12.1 Å². The fourth-order valence-electron chi connectivity index (χ4n) is 1.25. The summed E-state index contributed by atoms with van der Waals surface area (Å²) in [6, 6.07) is 1.37. The second-order valence-corrected chi connectivity index (χ2v) is 3.84. The van der Waals surface area contributed by atoms with Crippen LogP contribution in [0.25, 0.3) is 0 Å². The summed E-state index contributed by atoms with van der Waals surface area (Å²) in [5.74, 6) is 0.125. The van der Waals surface area contributed by atoms with E-state index in [1.165, 1.54) is 6.33 Å². The molecule has 1 heterocycles. The van der Waals surface area contributed by atoms with E-state index in [2.05, 4.69) is 9.97 Å². The smallest absolute Gasteiger partial charge is 0.115 e. The van der Waals surface area contributed by atoms with E-state index in [1.807, 2.05) is 20.8 Å². The molecule has 1 aromatic heterocycles. The van der Waals surface area contributed by atoms with Gasteiger partial charge in [0.1, 0.15) is 6.33 Å². The second-order valence-electron chi connectivity index (χ2n) is 3.84. The van der Waals surface area contributed by atoms with Gasteiger partial charge in [-0.15, -0.1) is 0 Å². The number of aliphatic hydroxyl groups is 1. The van der Waals surface area contributed by atoms with Crippen molar-refractivity contribution in [2.45, 2.75) is 32.9 Å². The van der Waals surface area contributed by atoms with Crippen LogP contribution in [-0.2, 0) is 0 Å². The normalized spacial score (nSPS) is 15.6. The molecule has 0 aliphatic rings. The van der Waals surface area contributed by atoms with Crippen molar-refractivity contribution in [2.24, 2.45) is 11.7 Å². The van der Waals surface area contributed by atoms with Crippen LogP contribution in [0.4, 0.5) is 0 Å². The highest BCUT2D eigenvalue weighted by atomic mass is 16.3. The van der Waals surface area contributed by atoms with Gasteiger partial charge >= 0.3 is 0 Å². The van der Waals surface area contributed by atoms with Crippen molar-refractivity contribution in [1.29, 1.82) is 0 Å². The van der Waals surface area contributed by atoms with Gasteiger partial charge in [0, 0.05) is 5.69 Å². The third-order valence-electron chi connectivity index (χ3n) is 2.22. The molecule has 0 saturated carbocycles. The Labute approximate surface area is 84.2 Å². The molecule has 4 heteroatoms. The van der Waals surface area contributed by atoms with Crippen LogP contribution in [0.5, 0.6) is 0 Å². The first kappa shape index (κ1) is 11.1. The molecule has 0 radical (unpaired) electrons. The van der Waals surface area contributed by atoms with E-state index in [9.17, 15) is 5.11 Å². The fraction of sp³-hybridized carbons (Fsp3) is 0.600. The van der Waals surface area contributed by atoms with Crippen LogP contribution in [0.1, 0.15) is 31.3 Å². The first-order chi connectivity index (χ1) is 6.52. The number of hydrogen-bond acceptors (Lipinski definition) is 4. The van der Waals surface area contributed by atoms with Crippen molar-refractivity contribution in [2.75, 3.05) is 0 Å². The molecule has 0 aromatic carbocycles. The molecule has 0 saturated heterocycles. The minimum absolute atomic E-state index is 0.125. The molecule has 2 atom stereocenters. The van der Waals surface area contributed by atoms with Crippen LogP contribution < -0.4 is 5.73 Å². The van der Waals surface area contributed by atoms with Gasteiger partial charge in [0.15, 0.2) is 0 Å². The first-order valence-corrected chi connectivity index (χ1v) is 4.74. The average molecular weight is 195 g/mol. The maximum Gasteiger partial charge on any atom is 0.115 e. The summed E-state index contributed by atoms with van der Waals surface area (Å²) in [4.78, 5) is 8.02. The quantitative estimate of drug-likeness (QED) is 0.748. The van der Waals surface area contributed by atoms with E-state index in [4.69, 9.17) is 5.73 Å². The van der Waals surface area contributed by atoms with Gasteiger partial charge in [0.05, 0.1) is 17.8 Å². The Morgan fingerprint density at radius 2 is 2.00 bits per heavy atom. The summed E-state index contributed by atoms with van der Waals surface area (Å²) >= 11 is 0. The number of hydrogen-bond donors (Lipinski definition) is 2. The highest BCUT2D eigenvalue weighted by Crippen LogP contribution is 2.17. The summed E-state index contributed by atoms with van der Waals surface area (Å²) in [5.41, 5.74) is 7.42. The van der Waals surface area contributed by atoms with Gasteiger partial charge in [-0.1, -0.05) is 13.8 Å². The molecule has 2 unspecified atom stereocenters. The summed E-state index contributed by atoms with van der Waals surface area (Å²) in [7, 11) is 0. The van der Waals surface area contributed by atoms with Crippen molar-refractivity contribution in [3.05, 3.63) is 23.8 Å². The van der Waals surface area contributed by atoms with E-state index in [-0.39, 0.29) is 5.92 Å². The number of rotatable bonds is 3. The van der Waals surface area contributed by atoms with E-state index >= 15 is 0 Å². The molecule has 1 aromatic rings. The number of nitrogens with zero attached hydrogens (tertiary/aromatic N) is 2. The lowest BCUT2D eigenvalue weighted by Crippen LogP contribution is -2.31. The zero-order chi connectivity index (χ0) is 10.7. The van der Waals surface area contributed by atoms with Crippen molar-refractivity contribution < 1.29 is 5.11 Å². The van der Waals surface area contributed by atoms with Crippen molar-refractivity contribution >= 4 is 0 Å². The topological polar surface area (TPSA) is 72.0 Å². The monoisotopic (exact) mass is 195 g/mol. The van der Waals surface area contributed by atoms with Crippen LogP contribution in [0.3, 0.4) is 0 Å². The minimum Gasteiger partial charge on any atom is -0.391 e. The van der Waals surface area contributed by atoms with Crippen LogP contribution >= 0.6 is 0 Å². The molecule has 14 heavy (non-hydrogen) atoms. The lowest BCUT2D eigenvalue weighted by Gasteiger charge is -2.21. The zero-order valence-corrected chi connectivity index (χ0v) is 8.81. The molecule has 4 nitrogen and oxygen atoms in total. The van der Waals surface area contributed by atoms with Crippen LogP contribution in [0, 0.1) is 12.8 Å². The summed E-state index contributed by atoms with van der Waals surface area (Å²) in [6.45, 7) is 5.73. The molecule has 0 bridgehead atoms. The number of aliphatic hydroxyl groups excluding tert-OH is 1. The van der Waals surface area contributed by atoms with Crippen LogP contribution in [-0.4, -0.2) is 21.2 Å². The average Bonchev–Trinajstić information content (AvgIpc) is 2.15. The Bertz CT molecular complexity index is 301. The van der Waals surface area contributed by atoms with Gasteiger partial charge in [0.2, 0.25) is 0 Å². The molecule has 0 fully saturated rings. The summed E-state index contributed by atoms with van der Waals surface area (Å²) in [6.07, 6.45) is 0.904. The highest BCUT2D eigenvalue weighted by molar-refractivity contribution is 5.11. The lowest BCUT2D eigenvalue weighted by molar-refractivity contribution is 0.0964. The minimum atomic E-state index is -0.565. The lowest BCUT2D eigenvalue weighted by atomic mass is 9.98. The zero-order valence-electron chi connectivity index (χ0n) is 8.81. The van der Waals surface area contributed by atoms with Gasteiger partial charge in [-0.05, 0) is 18.9 Å². The van der Waals surface area contributed by atoms with E-state index in [0.717, 1.165) is 5.69 Å². The number of aromatic nitrogens is 2. The Kier molecular flexibility index (Phi) is 3.55. The molecule has 0 spiro atoms. The van der Waals surface area contributed by atoms with Gasteiger partial charge in [-0.2, -0.15) is 0 Å². The van der Waals surface area contributed by atoms with Gasteiger partial charge < -0.3 is 10.8 Å². The molecule has 3 N–H and O–H groups in total. The van der Waals surface area contributed by atoms with Crippen molar-refractivity contribution in [3.63, 3.8) is 0 Å². The maximum absolute atomic E-state index is 9.75. The van der Waals surface area contributed by atoms with Gasteiger partial charge in [-0.25, -0.2) is 9.97 Å². The Hall–Kier alpha value is -1.00. The summed E-state index contributed by atoms with van der Waals surface area (Å²) < 4.78 is 0. The third kappa shape index (κ3) is 2.49. The van der Waals surface area contributed by atoms with Crippen LogP contribution in [0.15, 0.2) is 12.4 Å². The van der Waals surface area contributed by atoms with E-state index in [1.54, 1.807) is 6.07 Å². The van der Waals surface area contributed by atoms with Gasteiger partial charge in [0.25, 0.3) is 0 Å². The SMILES string of the molecule is Cc1cc(C(N)C(O)C(C)C)ncn1. The van der Waals surface area contributed by atoms with E-state index in [0.29, 0.717) is 5.69 Å². The van der Waals surface area contributed by atoms with Crippen LogP contribution in [0.2, 0.25) is 0 Å². The number of nitrogens with two attached hydrogens (primary N) is 1. The van der Waals surface area contributed by atoms with Crippen molar-refractivity contribution in [1.82, 2.24) is 9.97 Å². The van der Waals surface area contributed by atoms with Gasteiger partial charge in [-0.3, -0.25) is 0 Å². The molecular weight excluding hydrogens is 178 g/mol. The first-order valence-electron chi connectivity index (χ1n) is 4.74. The fourth-order valence-corrected chi connectivity index (χ4v) is 1.25. The maximum atomic E-state index is 9.75. The van der Waals surface area contributed by atoms with Crippen molar-refractivity contribution in [3.8, 4) is 0 Å². The molecule has 0 amide bonds. The largest absolute Gasteiger partial charge is 0.391 e. The molecule has 78 valence electrons. The Morgan fingerprint density at radius 1 is 1.36 bits per heavy atom. The Morgan fingerprint density at radius 3 is 2.50 bits per heavy atom. The molecule has 0 aliphatic carbocycles. The summed E-state index contributed by atoms with van der Waals surface area (Å²) in [5, 5.41) is 9.75. The predicted octanol–water partition coefficient (Wildman–Crippen LogP) is 0.802.